The highest BCUT2D eigenvalue weighted by Crippen LogP contribution is 2.29. The molecule has 0 bridgehead atoms. The van der Waals surface area contributed by atoms with Crippen molar-refractivity contribution in [1.29, 1.82) is 0 Å². The van der Waals surface area contributed by atoms with Crippen LogP contribution in [0.3, 0.4) is 0 Å². The van der Waals surface area contributed by atoms with Crippen LogP contribution in [0.5, 0.6) is 0 Å². The first-order valence-corrected chi connectivity index (χ1v) is 5.18. The van der Waals surface area contributed by atoms with Gasteiger partial charge in [0.25, 0.3) is 0 Å². The zero-order valence-corrected chi connectivity index (χ0v) is 8.03. The van der Waals surface area contributed by atoms with Gasteiger partial charge in [-0.1, -0.05) is 0 Å². The number of hydrogen-bond donors (Lipinski definition) is 1. The van der Waals surface area contributed by atoms with Crippen LogP contribution in [0.15, 0.2) is 33.5 Å². The summed E-state index contributed by atoms with van der Waals surface area (Å²) in [5.74, 6) is 0.637. The lowest BCUT2D eigenvalue weighted by molar-refractivity contribution is 0.457. The van der Waals surface area contributed by atoms with Gasteiger partial charge in [-0.05, 0) is 25.9 Å². The molecule has 14 heavy (non-hydrogen) atoms. The highest BCUT2D eigenvalue weighted by Gasteiger charge is 2.27. The molecule has 0 amide bonds. The number of aliphatic imine (C=N–C) groups is 2. The number of nitrogens with one attached hydrogen (secondary N) is 1. The third-order valence-corrected chi connectivity index (χ3v) is 3.07. The van der Waals surface area contributed by atoms with Gasteiger partial charge in [-0.3, -0.25) is 9.98 Å². The lowest BCUT2D eigenvalue weighted by atomic mass is 9.88. The van der Waals surface area contributed by atoms with Crippen LogP contribution in [-0.4, -0.2) is 25.0 Å². The lowest BCUT2D eigenvalue weighted by Crippen LogP contribution is -2.32. The number of piperidine rings is 1. The summed E-state index contributed by atoms with van der Waals surface area (Å²) in [5, 5.41) is 3.38. The predicted molar refractivity (Wildman–Crippen MR) is 57.7 cm³/mol. The van der Waals surface area contributed by atoms with Crippen LogP contribution in [0.4, 0.5) is 0 Å². The van der Waals surface area contributed by atoms with Crippen molar-refractivity contribution in [3.8, 4) is 0 Å². The Kier molecular flexibility index (Phi) is 1.84. The lowest BCUT2D eigenvalue weighted by Gasteiger charge is -2.23. The molecule has 0 aromatic rings. The molecule has 0 aromatic heterocycles. The Bertz CT molecular complexity index is 368. The van der Waals surface area contributed by atoms with E-state index in [0.29, 0.717) is 5.92 Å². The van der Waals surface area contributed by atoms with E-state index < -0.39 is 0 Å². The highest BCUT2D eigenvalue weighted by molar-refractivity contribution is 6.15. The largest absolute Gasteiger partial charge is 0.317 e. The first-order chi connectivity index (χ1) is 6.95. The van der Waals surface area contributed by atoms with Crippen molar-refractivity contribution in [1.82, 2.24) is 5.32 Å². The quantitative estimate of drug-likeness (QED) is 0.660. The summed E-state index contributed by atoms with van der Waals surface area (Å²) in [4.78, 5) is 8.67. The third-order valence-electron chi connectivity index (χ3n) is 3.07. The standard InChI is InChI=1S/C11H13N3/c1-3-12-4-2-8(1)11-10-7-13-5-9(10)6-14-11/h5-8,12H,1-4H2. The van der Waals surface area contributed by atoms with Crippen LogP contribution < -0.4 is 5.32 Å². The molecule has 0 spiro atoms. The van der Waals surface area contributed by atoms with Crippen molar-refractivity contribution in [2.45, 2.75) is 12.8 Å². The van der Waals surface area contributed by atoms with Crippen molar-refractivity contribution >= 4 is 11.9 Å². The van der Waals surface area contributed by atoms with Gasteiger partial charge in [-0.2, -0.15) is 0 Å². The first-order valence-electron chi connectivity index (χ1n) is 5.18. The molecule has 0 saturated carbocycles. The number of nitrogens with zero attached hydrogens (tertiary/aromatic N) is 2. The first kappa shape index (κ1) is 8.12. The molecule has 1 N–H and O–H groups in total. The summed E-state index contributed by atoms with van der Waals surface area (Å²) >= 11 is 0. The van der Waals surface area contributed by atoms with Crippen LogP contribution in [0.25, 0.3) is 0 Å². The molecular formula is C11H13N3. The SMILES string of the molecule is C1=NC=C2C1=CN=C2C1CCNCC1. The monoisotopic (exact) mass is 187 g/mol. The molecule has 3 rings (SSSR count). The van der Waals surface area contributed by atoms with Crippen molar-refractivity contribution < 1.29 is 0 Å². The van der Waals surface area contributed by atoms with E-state index in [1.54, 1.807) is 0 Å². The van der Waals surface area contributed by atoms with E-state index in [1.807, 2.05) is 18.6 Å². The topological polar surface area (TPSA) is 36.8 Å². The fraction of sp³-hybridized carbons (Fsp3) is 0.455. The second-order valence-corrected chi connectivity index (χ2v) is 3.94. The van der Waals surface area contributed by atoms with Crippen LogP contribution in [0.1, 0.15) is 12.8 Å². The van der Waals surface area contributed by atoms with E-state index in [2.05, 4.69) is 15.3 Å². The van der Waals surface area contributed by atoms with Gasteiger partial charge in [0.2, 0.25) is 0 Å². The maximum absolute atomic E-state index is 4.51. The predicted octanol–water partition coefficient (Wildman–Crippen LogP) is 1.29. The van der Waals surface area contributed by atoms with Gasteiger partial charge in [0, 0.05) is 35.7 Å². The molecule has 0 radical (unpaired) electrons. The summed E-state index contributed by atoms with van der Waals surface area (Å²) in [5.41, 5.74) is 3.72. The van der Waals surface area contributed by atoms with Gasteiger partial charge in [0.15, 0.2) is 0 Å². The zero-order valence-electron chi connectivity index (χ0n) is 8.03. The summed E-state index contributed by atoms with van der Waals surface area (Å²) in [6.45, 7) is 2.24. The molecule has 1 saturated heterocycles. The number of hydrogen-bond acceptors (Lipinski definition) is 3. The maximum Gasteiger partial charge on any atom is 0.0530 e. The molecule has 0 unspecified atom stereocenters. The third kappa shape index (κ3) is 1.16. The molecule has 3 heterocycles. The molecular weight excluding hydrogens is 174 g/mol. The maximum atomic E-state index is 4.51. The molecule has 3 heteroatoms. The smallest absolute Gasteiger partial charge is 0.0530 e. The molecule has 3 aliphatic heterocycles. The molecule has 3 aliphatic rings. The van der Waals surface area contributed by atoms with E-state index >= 15 is 0 Å². The number of rotatable bonds is 1. The van der Waals surface area contributed by atoms with E-state index in [0.717, 1.165) is 13.1 Å². The Labute approximate surface area is 83.3 Å². The van der Waals surface area contributed by atoms with E-state index in [-0.39, 0.29) is 0 Å². The van der Waals surface area contributed by atoms with E-state index in [1.165, 1.54) is 29.7 Å². The minimum atomic E-state index is 0.637. The van der Waals surface area contributed by atoms with Gasteiger partial charge in [-0.25, -0.2) is 0 Å². The van der Waals surface area contributed by atoms with Crippen molar-refractivity contribution in [3.63, 3.8) is 0 Å². The normalized spacial score (nSPS) is 25.9. The summed E-state index contributed by atoms with van der Waals surface area (Å²) in [6.07, 6.45) is 8.20. The fourth-order valence-electron chi connectivity index (χ4n) is 2.28. The average Bonchev–Trinajstić information content (AvgIpc) is 2.79. The highest BCUT2D eigenvalue weighted by atomic mass is 14.9. The average molecular weight is 187 g/mol. The Morgan fingerprint density at radius 3 is 2.93 bits per heavy atom. The van der Waals surface area contributed by atoms with Crippen LogP contribution in [0.2, 0.25) is 0 Å². The Hall–Kier alpha value is -1.22. The van der Waals surface area contributed by atoms with Crippen LogP contribution >= 0.6 is 0 Å². The molecule has 0 aromatic carbocycles. The van der Waals surface area contributed by atoms with Gasteiger partial charge >= 0.3 is 0 Å². The van der Waals surface area contributed by atoms with Gasteiger partial charge in [0.1, 0.15) is 0 Å². The zero-order chi connectivity index (χ0) is 9.38. The molecule has 0 atom stereocenters. The van der Waals surface area contributed by atoms with Crippen LogP contribution in [0, 0.1) is 5.92 Å². The second kappa shape index (κ2) is 3.17. The minimum Gasteiger partial charge on any atom is -0.317 e. The van der Waals surface area contributed by atoms with Gasteiger partial charge in [0.05, 0.1) is 5.71 Å². The Balaban J connectivity index is 1.81. The van der Waals surface area contributed by atoms with Gasteiger partial charge < -0.3 is 5.32 Å². The van der Waals surface area contributed by atoms with Crippen molar-refractivity contribution in [2.24, 2.45) is 15.9 Å². The summed E-state index contributed by atoms with van der Waals surface area (Å²) < 4.78 is 0. The molecule has 0 aliphatic carbocycles. The summed E-state index contributed by atoms with van der Waals surface area (Å²) in [6, 6.07) is 0. The Morgan fingerprint density at radius 2 is 2.07 bits per heavy atom. The molecule has 3 nitrogen and oxygen atoms in total. The van der Waals surface area contributed by atoms with Crippen LogP contribution in [-0.2, 0) is 0 Å². The summed E-state index contributed by atoms with van der Waals surface area (Å²) in [7, 11) is 0. The molecule has 1 fully saturated rings. The second-order valence-electron chi connectivity index (χ2n) is 3.94. The van der Waals surface area contributed by atoms with Crippen molar-refractivity contribution in [2.75, 3.05) is 13.1 Å². The fourth-order valence-corrected chi connectivity index (χ4v) is 2.28. The van der Waals surface area contributed by atoms with E-state index in [9.17, 15) is 0 Å². The number of fused-ring (bicyclic) bond motifs is 1. The minimum absolute atomic E-state index is 0.637. The number of allylic oxidation sites excluding steroid dienone is 2. The van der Waals surface area contributed by atoms with E-state index in [4.69, 9.17) is 0 Å². The van der Waals surface area contributed by atoms with Crippen molar-refractivity contribution in [3.05, 3.63) is 23.5 Å². The molecule has 72 valence electrons. The Morgan fingerprint density at radius 1 is 1.21 bits per heavy atom. The van der Waals surface area contributed by atoms with Gasteiger partial charge in [-0.15, -0.1) is 0 Å².